The van der Waals surface area contributed by atoms with Crippen molar-refractivity contribution >= 4 is 28.6 Å². The van der Waals surface area contributed by atoms with E-state index in [-0.39, 0.29) is 17.2 Å². The Balaban J connectivity index is 1.59. The van der Waals surface area contributed by atoms with Crippen LogP contribution in [0.1, 0.15) is 37.0 Å². The van der Waals surface area contributed by atoms with Crippen LogP contribution in [0.15, 0.2) is 59.6 Å². The normalized spacial score (nSPS) is 13.3. The SMILES string of the molecule is Cc1cc(S[C@@H](C)C(=O)N[C@@H](C)CCc2ccccc2)nc2c(C)cccc12. The molecule has 0 aliphatic heterocycles. The molecule has 2 atom stereocenters. The van der Waals surface area contributed by atoms with Crippen molar-refractivity contribution in [2.45, 2.75) is 56.9 Å². The molecule has 0 saturated carbocycles. The van der Waals surface area contributed by atoms with Gasteiger partial charge in [-0.15, -0.1) is 0 Å². The number of pyridine rings is 1. The summed E-state index contributed by atoms with van der Waals surface area (Å²) in [6.07, 6.45) is 1.90. The summed E-state index contributed by atoms with van der Waals surface area (Å²) >= 11 is 1.52. The van der Waals surface area contributed by atoms with Crippen LogP contribution in [-0.2, 0) is 11.2 Å². The zero-order chi connectivity index (χ0) is 20.1. The summed E-state index contributed by atoms with van der Waals surface area (Å²) in [7, 11) is 0. The van der Waals surface area contributed by atoms with E-state index in [1.807, 2.05) is 13.0 Å². The Morgan fingerprint density at radius 2 is 1.79 bits per heavy atom. The first-order chi connectivity index (χ1) is 13.4. The highest BCUT2D eigenvalue weighted by Gasteiger charge is 2.18. The Morgan fingerprint density at radius 3 is 2.54 bits per heavy atom. The molecule has 3 rings (SSSR count). The van der Waals surface area contributed by atoms with Gasteiger partial charge in [0.2, 0.25) is 5.91 Å². The first-order valence-electron chi connectivity index (χ1n) is 9.82. The van der Waals surface area contributed by atoms with Crippen molar-refractivity contribution < 1.29 is 4.79 Å². The van der Waals surface area contributed by atoms with Gasteiger partial charge in [0.15, 0.2) is 0 Å². The molecule has 0 spiro atoms. The number of benzene rings is 2. The van der Waals surface area contributed by atoms with Gasteiger partial charge in [0.1, 0.15) is 0 Å². The summed E-state index contributed by atoms with van der Waals surface area (Å²) in [4.78, 5) is 17.4. The molecule has 4 heteroatoms. The van der Waals surface area contributed by atoms with E-state index in [4.69, 9.17) is 4.98 Å². The van der Waals surface area contributed by atoms with Crippen molar-refractivity contribution in [3.8, 4) is 0 Å². The number of fused-ring (bicyclic) bond motifs is 1. The zero-order valence-corrected chi connectivity index (χ0v) is 17.8. The molecule has 0 aliphatic rings. The maximum absolute atomic E-state index is 12.6. The van der Waals surface area contributed by atoms with Crippen molar-refractivity contribution in [3.63, 3.8) is 0 Å². The van der Waals surface area contributed by atoms with Crippen molar-refractivity contribution in [2.24, 2.45) is 0 Å². The van der Waals surface area contributed by atoms with Crippen LogP contribution < -0.4 is 5.32 Å². The third-order valence-corrected chi connectivity index (χ3v) is 6.01. The lowest BCUT2D eigenvalue weighted by Crippen LogP contribution is -2.37. The zero-order valence-electron chi connectivity index (χ0n) is 17.0. The molecule has 146 valence electrons. The second kappa shape index (κ2) is 9.24. The van der Waals surface area contributed by atoms with Gasteiger partial charge in [-0.1, -0.05) is 60.3 Å². The molecule has 0 saturated heterocycles. The number of nitrogens with zero attached hydrogens (tertiary/aromatic N) is 1. The molecule has 3 aromatic rings. The van der Waals surface area contributed by atoms with Gasteiger partial charge in [-0.2, -0.15) is 0 Å². The predicted octanol–water partition coefficient (Wildman–Crippen LogP) is 5.47. The smallest absolute Gasteiger partial charge is 0.233 e. The van der Waals surface area contributed by atoms with E-state index in [1.165, 1.54) is 28.3 Å². The van der Waals surface area contributed by atoms with Crippen LogP contribution in [0.2, 0.25) is 0 Å². The number of aryl methyl sites for hydroxylation is 3. The quantitative estimate of drug-likeness (QED) is 0.542. The summed E-state index contributed by atoms with van der Waals surface area (Å²) in [5.41, 5.74) is 4.68. The molecule has 0 radical (unpaired) electrons. The van der Waals surface area contributed by atoms with E-state index in [1.54, 1.807) is 0 Å². The largest absolute Gasteiger partial charge is 0.353 e. The molecule has 1 N–H and O–H groups in total. The highest BCUT2D eigenvalue weighted by Crippen LogP contribution is 2.28. The molecule has 2 aromatic carbocycles. The van der Waals surface area contributed by atoms with Gasteiger partial charge < -0.3 is 5.32 Å². The van der Waals surface area contributed by atoms with Crippen LogP contribution in [0.3, 0.4) is 0 Å². The van der Waals surface area contributed by atoms with Crippen molar-refractivity contribution in [3.05, 3.63) is 71.3 Å². The van der Waals surface area contributed by atoms with Crippen LogP contribution >= 0.6 is 11.8 Å². The minimum atomic E-state index is -0.187. The number of carbonyl (C=O) groups is 1. The fourth-order valence-electron chi connectivity index (χ4n) is 3.29. The average molecular weight is 393 g/mol. The maximum atomic E-state index is 12.6. The van der Waals surface area contributed by atoms with E-state index in [0.717, 1.165) is 28.9 Å². The second-order valence-corrected chi connectivity index (χ2v) is 8.80. The molecule has 0 fully saturated rings. The van der Waals surface area contributed by atoms with Gasteiger partial charge in [-0.25, -0.2) is 4.98 Å². The van der Waals surface area contributed by atoms with E-state index < -0.39 is 0 Å². The van der Waals surface area contributed by atoms with E-state index in [9.17, 15) is 4.79 Å². The number of thioether (sulfide) groups is 1. The lowest BCUT2D eigenvalue weighted by molar-refractivity contribution is -0.120. The van der Waals surface area contributed by atoms with Crippen LogP contribution in [0.25, 0.3) is 10.9 Å². The monoisotopic (exact) mass is 392 g/mol. The first-order valence-corrected chi connectivity index (χ1v) is 10.7. The van der Waals surface area contributed by atoms with Crippen molar-refractivity contribution in [1.29, 1.82) is 0 Å². The lowest BCUT2D eigenvalue weighted by Gasteiger charge is -2.18. The number of rotatable bonds is 7. The van der Waals surface area contributed by atoms with E-state index in [0.29, 0.717) is 0 Å². The van der Waals surface area contributed by atoms with Crippen LogP contribution in [0.4, 0.5) is 0 Å². The third kappa shape index (κ3) is 5.14. The van der Waals surface area contributed by atoms with Crippen LogP contribution in [-0.4, -0.2) is 22.2 Å². The number of para-hydroxylation sites is 1. The molecular formula is C24H28N2OS. The number of aromatic nitrogens is 1. The first kappa shape index (κ1) is 20.4. The number of carbonyl (C=O) groups excluding carboxylic acids is 1. The summed E-state index contributed by atoms with van der Waals surface area (Å²) in [6, 6.07) is 18.8. The molecule has 1 amide bonds. The Morgan fingerprint density at radius 1 is 1.04 bits per heavy atom. The van der Waals surface area contributed by atoms with Gasteiger partial charge in [0, 0.05) is 11.4 Å². The van der Waals surface area contributed by atoms with Crippen LogP contribution in [0.5, 0.6) is 0 Å². The van der Waals surface area contributed by atoms with Crippen molar-refractivity contribution in [1.82, 2.24) is 10.3 Å². The molecule has 3 nitrogen and oxygen atoms in total. The van der Waals surface area contributed by atoms with E-state index >= 15 is 0 Å². The molecule has 0 bridgehead atoms. The van der Waals surface area contributed by atoms with Gasteiger partial charge in [-0.05, 0) is 63.3 Å². The van der Waals surface area contributed by atoms with Gasteiger partial charge in [0.05, 0.1) is 15.8 Å². The number of hydrogen-bond donors (Lipinski definition) is 1. The summed E-state index contributed by atoms with van der Waals surface area (Å²) in [5, 5.41) is 5.04. The topological polar surface area (TPSA) is 42.0 Å². The van der Waals surface area contributed by atoms with Crippen molar-refractivity contribution in [2.75, 3.05) is 0 Å². The standard InChI is InChI=1S/C24H28N2OS/c1-16-9-8-12-21-17(2)15-22(26-23(16)21)28-19(4)24(27)25-18(3)13-14-20-10-6-5-7-11-20/h5-12,15,18-19H,13-14H2,1-4H3,(H,25,27)/t18-,19-/m0/s1. The molecule has 0 aliphatic carbocycles. The van der Waals surface area contributed by atoms with Crippen LogP contribution in [0, 0.1) is 13.8 Å². The fraction of sp³-hybridized carbons (Fsp3) is 0.333. The molecule has 1 heterocycles. The minimum absolute atomic E-state index is 0.0647. The molecular weight excluding hydrogens is 364 g/mol. The molecule has 1 aromatic heterocycles. The van der Waals surface area contributed by atoms with Gasteiger partial charge in [0.25, 0.3) is 0 Å². The average Bonchev–Trinajstić information content (AvgIpc) is 2.68. The van der Waals surface area contributed by atoms with E-state index in [2.05, 4.69) is 74.6 Å². The highest BCUT2D eigenvalue weighted by atomic mass is 32.2. The Kier molecular flexibility index (Phi) is 6.74. The Bertz CT molecular complexity index is 955. The Hall–Kier alpha value is -2.33. The second-order valence-electron chi connectivity index (χ2n) is 7.44. The lowest BCUT2D eigenvalue weighted by atomic mass is 10.1. The van der Waals surface area contributed by atoms with Gasteiger partial charge >= 0.3 is 0 Å². The number of amides is 1. The number of hydrogen-bond acceptors (Lipinski definition) is 3. The summed E-state index contributed by atoms with van der Waals surface area (Å²) in [5.74, 6) is 0.0647. The predicted molar refractivity (Wildman–Crippen MR) is 119 cm³/mol. The number of nitrogens with one attached hydrogen (secondary N) is 1. The third-order valence-electron chi connectivity index (χ3n) is 4.99. The Labute approximate surface area is 172 Å². The van der Waals surface area contributed by atoms with Gasteiger partial charge in [-0.3, -0.25) is 4.79 Å². The summed E-state index contributed by atoms with van der Waals surface area (Å²) < 4.78 is 0. The fourth-order valence-corrected chi connectivity index (χ4v) is 4.21. The minimum Gasteiger partial charge on any atom is -0.353 e. The maximum Gasteiger partial charge on any atom is 0.233 e. The molecule has 0 unspecified atom stereocenters. The summed E-state index contributed by atoms with van der Waals surface area (Å²) in [6.45, 7) is 8.20. The molecule has 28 heavy (non-hydrogen) atoms. The highest BCUT2D eigenvalue weighted by molar-refractivity contribution is 8.00.